The van der Waals surface area contributed by atoms with Gasteiger partial charge in [0.1, 0.15) is 0 Å². The molecule has 1 aliphatic rings. The van der Waals surface area contributed by atoms with Gasteiger partial charge in [0, 0.05) is 31.7 Å². The van der Waals surface area contributed by atoms with Crippen LogP contribution in [0, 0.1) is 13.8 Å². The van der Waals surface area contributed by atoms with E-state index in [-0.39, 0.29) is 18.9 Å². The van der Waals surface area contributed by atoms with Crippen molar-refractivity contribution in [2.75, 3.05) is 25.0 Å². The number of nitrogens with zero attached hydrogens (tertiary/aromatic N) is 1. The van der Waals surface area contributed by atoms with Crippen LogP contribution in [0.5, 0.6) is 0 Å². The lowest BCUT2D eigenvalue weighted by Gasteiger charge is -2.20. The van der Waals surface area contributed by atoms with Gasteiger partial charge in [0.05, 0.1) is 0 Å². The molecule has 1 saturated heterocycles. The average Bonchev–Trinajstić information content (AvgIpc) is 2.80. The zero-order valence-corrected chi connectivity index (χ0v) is 15.3. The van der Waals surface area contributed by atoms with E-state index in [9.17, 15) is 13.2 Å². The number of nitrogens with one attached hydrogen (secondary N) is 2. The minimum Gasteiger partial charge on any atom is -0.326 e. The van der Waals surface area contributed by atoms with Crippen LogP contribution in [0.3, 0.4) is 0 Å². The monoisotopic (exact) mass is 353 g/mol. The van der Waals surface area contributed by atoms with Gasteiger partial charge in [0.15, 0.2) is 0 Å². The quantitative estimate of drug-likeness (QED) is 0.824. The highest BCUT2D eigenvalue weighted by Gasteiger charge is 2.22. The standard InChI is InChI=1S/C17H27N3O3S/c1-14-7-8-16(15(2)13-14)19-17(21)9-10-18-24(22,23)20-11-5-3-4-6-12-20/h7-8,13,18H,3-6,9-12H2,1-2H3,(H,19,21). The highest BCUT2D eigenvalue weighted by molar-refractivity contribution is 7.87. The molecule has 6 nitrogen and oxygen atoms in total. The number of hydrogen-bond donors (Lipinski definition) is 2. The zero-order chi connectivity index (χ0) is 17.6. The Morgan fingerprint density at radius 2 is 1.79 bits per heavy atom. The third-order valence-electron chi connectivity index (χ3n) is 4.20. The summed E-state index contributed by atoms with van der Waals surface area (Å²) in [6.07, 6.45) is 4.05. The van der Waals surface area contributed by atoms with Crippen LogP contribution in [0.1, 0.15) is 43.2 Å². The predicted octanol–water partition coefficient (Wildman–Crippen LogP) is 2.34. The van der Waals surface area contributed by atoms with E-state index in [2.05, 4.69) is 10.0 Å². The molecule has 1 aromatic carbocycles. The van der Waals surface area contributed by atoms with Crippen molar-refractivity contribution in [1.29, 1.82) is 0 Å². The molecule has 0 saturated carbocycles. The van der Waals surface area contributed by atoms with E-state index in [0.717, 1.165) is 42.5 Å². The molecule has 0 unspecified atom stereocenters. The lowest BCUT2D eigenvalue weighted by molar-refractivity contribution is -0.116. The smallest absolute Gasteiger partial charge is 0.279 e. The van der Waals surface area contributed by atoms with Crippen LogP contribution in [-0.4, -0.2) is 38.3 Å². The average molecular weight is 353 g/mol. The van der Waals surface area contributed by atoms with Crippen molar-refractivity contribution in [2.24, 2.45) is 0 Å². The molecule has 2 rings (SSSR count). The maximum atomic E-state index is 12.3. The molecule has 7 heteroatoms. The summed E-state index contributed by atoms with van der Waals surface area (Å²) in [6.45, 7) is 5.16. The lowest BCUT2D eigenvalue weighted by atomic mass is 10.1. The molecular weight excluding hydrogens is 326 g/mol. The lowest BCUT2D eigenvalue weighted by Crippen LogP contribution is -2.42. The van der Waals surface area contributed by atoms with Crippen molar-refractivity contribution in [3.8, 4) is 0 Å². The van der Waals surface area contributed by atoms with E-state index in [4.69, 9.17) is 0 Å². The molecule has 0 bridgehead atoms. The molecule has 1 amide bonds. The summed E-state index contributed by atoms with van der Waals surface area (Å²) in [7, 11) is -3.49. The van der Waals surface area contributed by atoms with E-state index >= 15 is 0 Å². The number of amides is 1. The largest absolute Gasteiger partial charge is 0.326 e. The fourth-order valence-corrected chi connectivity index (χ4v) is 4.11. The van der Waals surface area contributed by atoms with Crippen molar-refractivity contribution in [3.05, 3.63) is 29.3 Å². The number of hydrogen-bond acceptors (Lipinski definition) is 3. The summed E-state index contributed by atoms with van der Waals surface area (Å²) < 4.78 is 28.5. The fraction of sp³-hybridized carbons (Fsp3) is 0.588. The Morgan fingerprint density at radius 1 is 1.12 bits per heavy atom. The Labute approximate surface area is 144 Å². The number of rotatable bonds is 6. The minimum atomic E-state index is -3.49. The van der Waals surface area contributed by atoms with Gasteiger partial charge >= 0.3 is 0 Å². The number of benzene rings is 1. The van der Waals surface area contributed by atoms with Crippen molar-refractivity contribution < 1.29 is 13.2 Å². The van der Waals surface area contributed by atoms with Crippen LogP contribution in [-0.2, 0) is 15.0 Å². The van der Waals surface area contributed by atoms with Gasteiger partial charge in [-0.05, 0) is 38.3 Å². The maximum Gasteiger partial charge on any atom is 0.279 e. The van der Waals surface area contributed by atoms with Gasteiger partial charge in [-0.2, -0.15) is 12.7 Å². The normalized spacial score (nSPS) is 16.6. The van der Waals surface area contributed by atoms with E-state index in [1.807, 2.05) is 32.0 Å². The summed E-state index contributed by atoms with van der Waals surface area (Å²) in [5.41, 5.74) is 2.89. The van der Waals surface area contributed by atoms with E-state index in [1.54, 1.807) is 0 Å². The number of carbonyl (C=O) groups is 1. The topological polar surface area (TPSA) is 78.5 Å². The SMILES string of the molecule is Cc1ccc(NC(=O)CCNS(=O)(=O)N2CCCCCC2)c(C)c1. The second-order valence-corrected chi connectivity index (χ2v) is 8.08. The molecule has 1 aliphatic heterocycles. The molecule has 0 aliphatic carbocycles. The van der Waals surface area contributed by atoms with Crippen LogP contribution >= 0.6 is 0 Å². The van der Waals surface area contributed by atoms with Crippen molar-refractivity contribution in [3.63, 3.8) is 0 Å². The van der Waals surface area contributed by atoms with E-state index in [1.165, 1.54) is 4.31 Å². The summed E-state index contributed by atoms with van der Waals surface area (Å²) in [5.74, 6) is -0.194. The van der Waals surface area contributed by atoms with Crippen LogP contribution in [0.4, 0.5) is 5.69 Å². The van der Waals surface area contributed by atoms with Crippen LogP contribution < -0.4 is 10.0 Å². The summed E-state index contributed by atoms with van der Waals surface area (Å²) in [5, 5.41) is 2.83. The Bertz CT molecular complexity index is 666. The molecular formula is C17H27N3O3S. The Hall–Kier alpha value is -1.44. The molecule has 0 radical (unpaired) electrons. The van der Waals surface area contributed by atoms with Crippen molar-refractivity contribution in [2.45, 2.75) is 46.0 Å². The predicted molar refractivity (Wildman–Crippen MR) is 96.1 cm³/mol. The first kappa shape index (κ1) is 18.9. The van der Waals surface area contributed by atoms with Gasteiger partial charge in [-0.25, -0.2) is 4.72 Å². The molecule has 1 fully saturated rings. The molecule has 2 N–H and O–H groups in total. The summed E-state index contributed by atoms with van der Waals surface area (Å²) >= 11 is 0. The first-order chi connectivity index (χ1) is 11.4. The third kappa shape index (κ3) is 5.58. The first-order valence-electron chi connectivity index (χ1n) is 8.50. The van der Waals surface area contributed by atoms with Gasteiger partial charge in [-0.1, -0.05) is 30.5 Å². The molecule has 134 valence electrons. The molecule has 1 aromatic rings. The Kier molecular flexibility index (Phi) is 6.77. The fourth-order valence-electron chi connectivity index (χ4n) is 2.83. The van der Waals surface area contributed by atoms with E-state index < -0.39 is 10.2 Å². The first-order valence-corrected chi connectivity index (χ1v) is 9.94. The summed E-state index contributed by atoms with van der Waals surface area (Å²) in [4.78, 5) is 12.0. The maximum absolute atomic E-state index is 12.3. The highest BCUT2D eigenvalue weighted by atomic mass is 32.2. The van der Waals surface area contributed by atoms with Gasteiger partial charge < -0.3 is 5.32 Å². The second-order valence-electron chi connectivity index (χ2n) is 6.33. The van der Waals surface area contributed by atoms with Crippen molar-refractivity contribution >= 4 is 21.8 Å². The number of anilines is 1. The van der Waals surface area contributed by atoms with Crippen LogP contribution in [0.2, 0.25) is 0 Å². The van der Waals surface area contributed by atoms with Crippen LogP contribution in [0.25, 0.3) is 0 Å². The zero-order valence-electron chi connectivity index (χ0n) is 14.5. The minimum absolute atomic E-state index is 0.107. The number of carbonyl (C=O) groups excluding carboxylic acids is 1. The van der Waals surface area contributed by atoms with Gasteiger partial charge in [-0.15, -0.1) is 0 Å². The third-order valence-corrected chi connectivity index (χ3v) is 5.81. The van der Waals surface area contributed by atoms with E-state index in [0.29, 0.717) is 13.1 Å². The Balaban J connectivity index is 1.81. The number of aryl methyl sites for hydroxylation is 2. The van der Waals surface area contributed by atoms with Gasteiger partial charge in [0.2, 0.25) is 5.91 Å². The van der Waals surface area contributed by atoms with Gasteiger partial charge in [0.25, 0.3) is 10.2 Å². The Morgan fingerprint density at radius 3 is 2.42 bits per heavy atom. The summed E-state index contributed by atoms with van der Waals surface area (Å²) in [6, 6.07) is 5.80. The molecule has 0 aromatic heterocycles. The second kappa shape index (κ2) is 8.60. The molecule has 0 atom stereocenters. The van der Waals surface area contributed by atoms with Crippen molar-refractivity contribution in [1.82, 2.24) is 9.03 Å². The molecule has 0 spiro atoms. The highest BCUT2D eigenvalue weighted by Crippen LogP contribution is 2.16. The molecule has 1 heterocycles. The van der Waals surface area contributed by atoms with Gasteiger partial charge in [-0.3, -0.25) is 4.79 Å². The molecule has 24 heavy (non-hydrogen) atoms. The van der Waals surface area contributed by atoms with Crippen LogP contribution in [0.15, 0.2) is 18.2 Å².